The van der Waals surface area contributed by atoms with Gasteiger partial charge in [-0.2, -0.15) is 0 Å². The zero-order valence-electron chi connectivity index (χ0n) is 15.0. The maximum absolute atomic E-state index is 12.4. The largest absolute Gasteiger partial charge is 0.368 e. The van der Waals surface area contributed by atoms with E-state index in [4.69, 9.17) is 11.5 Å². The van der Waals surface area contributed by atoms with Gasteiger partial charge >= 0.3 is 0 Å². The van der Waals surface area contributed by atoms with Crippen molar-refractivity contribution in [1.29, 1.82) is 0 Å². The van der Waals surface area contributed by atoms with E-state index in [-0.39, 0.29) is 6.42 Å². The number of hydrogen-bond donors (Lipinski definition) is 4. The van der Waals surface area contributed by atoms with Crippen LogP contribution in [0.25, 0.3) is 0 Å². The predicted octanol–water partition coefficient (Wildman–Crippen LogP) is -0.600. The van der Waals surface area contributed by atoms with Gasteiger partial charge in [-0.05, 0) is 18.9 Å². The molecule has 0 aliphatic rings. The standard InChI is InChI=1S/C18H26N4O4/c1-3-7-13(19)15(23)18(26)22-14(10-12-8-5-4-6-9-12)17(25)21-11(2)16(20)24/h4-6,8-9,11,13-14H,3,7,10,19H2,1-2H3,(H2,20,24)(H,21,25)(H,22,26). The second kappa shape index (κ2) is 10.3. The Morgan fingerprint density at radius 3 is 2.23 bits per heavy atom. The van der Waals surface area contributed by atoms with Crippen molar-refractivity contribution in [2.45, 2.75) is 51.2 Å². The van der Waals surface area contributed by atoms with Crippen molar-refractivity contribution in [3.05, 3.63) is 35.9 Å². The first-order chi connectivity index (χ1) is 12.3. The van der Waals surface area contributed by atoms with Crippen LogP contribution in [-0.2, 0) is 25.6 Å². The lowest BCUT2D eigenvalue weighted by molar-refractivity contribution is -0.140. The lowest BCUT2D eigenvalue weighted by atomic mass is 10.0. The molecule has 0 bridgehead atoms. The number of Topliss-reactive ketones (excluding diaryl/α,β-unsaturated/α-hetero) is 1. The summed E-state index contributed by atoms with van der Waals surface area (Å²) in [5.74, 6) is -3.01. The fraction of sp³-hybridized carbons (Fsp3) is 0.444. The van der Waals surface area contributed by atoms with E-state index in [1.54, 1.807) is 24.3 Å². The maximum atomic E-state index is 12.4. The van der Waals surface area contributed by atoms with Crippen molar-refractivity contribution in [1.82, 2.24) is 10.6 Å². The summed E-state index contributed by atoms with van der Waals surface area (Å²) < 4.78 is 0. The molecule has 142 valence electrons. The molecule has 0 spiro atoms. The van der Waals surface area contributed by atoms with Crippen LogP contribution < -0.4 is 22.1 Å². The summed E-state index contributed by atoms with van der Waals surface area (Å²) in [6.07, 6.45) is 1.19. The first kappa shape index (κ1) is 21.3. The van der Waals surface area contributed by atoms with E-state index < -0.39 is 41.6 Å². The quantitative estimate of drug-likeness (QED) is 0.411. The first-order valence-electron chi connectivity index (χ1n) is 8.50. The van der Waals surface area contributed by atoms with Crippen molar-refractivity contribution in [2.24, 2.45) is 11.5 Å². The number of nitrogens with one attached hydrogen (secondary N) is 2. The molecule has 1 rings (SSSR count). The van der Waals surface area contributed by atoms with Crippen LogP contribution in [0.3, 0.4) is 0 Å². The Kier molecular flexibility index (Phi) is 8.44. The molecule has 0 aliphatic heterocycles. The molecule has 3 amide bonds. The molecule has 6 N–H and O–H groups in total. The van der Waals surface area contributed by atoms with Gasteiger partial charge in [-0.25, -0.2) is 0 Å². The van der Waals surface area contributed by atoms with Crippen LogP contribution in [0.5, 0.6) is 0 Å². The summed E-state index contributed by atoms with van der Waals surface area (Å²) in [5, 5.41) is 4.84. The van der Waals surface area contributed by atoms with Gasteiger partial charge in [-0.15, -0.1) is 0 Å². The molecule has 0 saturated heterocycles. The van der Waals surface area contributed by atoms with Gasteiger partial charge in [0.1, 0.15) is 12.1 Å². The van der Waals surface area contributed by atoms with Crippen LogP contribution >= 0.6 is 0 Å². The monoisotopic (exact) mass is 362 g/mol. The van der Waals surface area contributed by atoms with Crippen molar-refractivity contribution < 1.29 is 19.2 Å². The number of nitrogens with two attached hydrogens (primary N) is 2. The highest BCUT2D eigenvalue weighted by molar-refractivity contribution is 6.38. The molecule has 8 heteroatoms. The molecule has 1 aromatic rings. The molecule has 1 aromatic carbocycles. The van der Waals surface area contributed by atoms with E-state index in [9.17, 15) is 19.2 Å². The highest BCUT2D eigenvalue weighted by Crippen LogP contribution is 2.05. The van der Waals surface area contributed by atoms with Crippen LogP contribution in [0.4, 0.5) is 0 Å². The Bertz CT molecular complexity index is 648. The van der Waals surface area contributed by atoms with Crippen LogP contribution in [0.2, 0.25) is 0 Å². The Hall–Kier alpha value is -2.74. The van der Waals surface area contributed by atoms with E-state index >= 15 is 0 Å². The van der Waals surface area contributed by atoms with Gasteiger partial charge in [0.15, 0.2) is 0 Å². The fourth-order valence-electron chi connectivity index (χ4n) is 2.28. The SMILES string of the molecule is CCCC(N)C(=O)C(=O)NC(Cc1ccccc1)C(=O)NC(C)C(N)=O. The van der Waals surface area contributed by atoms with Crippen molar-refractivity contribution in [3.63, 3.8) is 0 Å². The zero-order chi connectivity index (χ0) is 19.7. The number of primary amides is 1. The smallest absolute Gasteiger partial charge is 0.289 e. The van der Waals surface area contributed by atoms with Gasteiger partial charge in [0, 0.05) is 6.42 Å². The van der Waals surface area contributed by atoms with Gasteiger partial charge in [-0.1, -0.05) is 43.7 Å². The van der Waals surface area contributed by atoms with Gasteiger partial charge < -0.3 is 22.1 Å². The average molecular weight is 362 g/mol. The number of hydrogen-bond acceptors (Lipinski definition) is 5. The van der Waals surface area contributed by atoms with Gasteiger partial charge in [0.2, 0.25) is 17.6 Å². The summed E-state index contributed by atoms with van der Waals surface area (Å²) in [6, 6.07) is 6.12. The van der Waals surface area contributed by atoms with E-state index in [1.165, 1.54) is 6.92 Å². The molecule has 0 radical (unpaired) electrons. The lowest BCUT2D eigenvalue weighted by Crippen LogP contribution is -2.55. The lowest BCUT2D eigenvalue weighted by Gasteiger charge is -2.21. The maximum Gasteiger partial charge on any atom is 0.289 e. The molecule has 3 unspecified atom stereocenters. The third kappa shape index (κ3) is 6.64. The topological polar surface area (TPSA) is 144 Å². The fourth-order valence-corrected chi connectivity index (χ4v) is 2.28. The minimum absolute atomic E-state index is 0.153. The van der Waals surface area contributed by atoms with Gasteiger partial charge in [0.05, 0.1) is 6.04 Å². The summed E-state index contributed by atoms with van der Waals surface area (Å²) in [5.41, 5.74) is 11.6. The number of benzene rings is 1. The van der Waals surface area contributed by atoms with Crippen LogP contribution in [0.1, 0.15) is 32.3 Å². The van der Waals surface area contributed by atoms with Gasteiger partial charge in [-0.3, -0.25) is 19.2 Å². The normalized spacial score (nSPS) is 14.0. The molecule has 0 saturated carbocycles. The second-order valence-corrected chi connectivity index (χ2v) is 6.11. The Morgan fingerprint density at radius 1 is 1.08 bits per heavy atom. The first-order valence-corrected chi connectivity index (χ1v) is 8.50. The minimum atomic E-state index is -1.04. The molecule has 0 aromatic heterocycles. The number of amides is 3. The third-order valence-corrected chi connectivity index (χ3v) is 3.85. The second-order valence-electron chi connectivity index (χ2n) is 6.11. The van der Waals surface area contributed by atoms with E-state index in [0.29, 0.717) is 12.8 Å². The summed E-state index contributed by atoms with van der Waals surface area (Å²) in [6.45, 7) is 3.28. The molecular formula is C18H26N4O4. The van der Waals surface area contributed by atoms with E-state index in [0.717, 1.165) is 5.56 Å². The van der Waals surface area contributed by atoms with E-state index in [2.05, 4.69) is 10.6 Å². The molecule has 8 nitrogen and oxygen atoms in total. The van der Waals surface area contributed by atoms with Crippen LogP contribution in [0, 0.1) is 0 Å². The predicted molar refractivity (Wildman–Crippen MR) is 96.8 cm³/mol. The Balaban J connectivity index is 2.89. The number of ketones is 1. The van der Waals surface area contributed by atoms with Crippen LogP contribution in [-0.4, -0.2) is 41.6 Å². The zero-order valence-corrected chi connectivity index (χ0v) is 15.0. The highest BCUT2D eigenvalue weighted by Gasteiger charge is 2.28. The summed E-state index contributed by atoms with van der Waals surface area (Å²) in [7, 11) is 0. The average Bonchev–Trinajstić information content (AvgIpc) is 2.61. The highest BCUT2D eigenvalue weighted by atomic mass is 16.2. The van der Waals surface area contributed by atoms with Crippen molar-refractivity contribution >= 4 is 23.5 Å². The van der Waals surface area contributed by atoms with Crippen LogP contribution in [0.15, 0.2) is 30.3 Å². The Labute approximate surface area is 152 Å². The number of rotatable bonds is 10. The number of carbonyl (C=O) groups excluding carboxylic acids is 4. The van der Waals surface area contributed by atoms with Gasteiger partial charge in [0.25, 0.3) is 5.91 Å². The minimum Gasteiger partial charge on any atom is -0.368 e. The molecule has 3 atom stereocenters. The molecule has 0 aliphatic carbocycles. The molecule has 0 heterocycles. The Morgan fingerprint density at radius 2 is 1.69 bits per heavy atom. The summed E-state index contributed by atoms with van der Waals surface area (Å²) in [4.78, 5) is 47.8. The molecule has 26 heavy (non-hydrogen) atoms. The molecule has 0 fully saturated rings. The van der Waals surface area contributed by atoms with Crippen molar-refractivity contribution in [3.8, 4) is 0 Å². The molecular weight excluding hydrogens is 336 g/mol. The third-order valence-electron chi connectivity index (χ3n) is 3.85. The van der Waals surface area contributed by atoms with Crippen molar-refractivity contribution in [2.75, 3.05) is 0 Å². The summed E-state index contributed by atoms with van der Waals surface area (Å²) >= 11 is 0. The van der Waals surface area contributed by atoms with E-state index in [1.807, 2.05) is 13.0 Å². The number of carbonyl (C=O) groups is 4.